The Kier molecular flexibility index (Phi) is 3.43. The Hall–Kier alpha value is -1.36. The van der Waals surface area contributed by atoms with E-state index in [0.717, 1.165) is 4.88 Å². The molecule has 1 heterocycles. The van der Waals surface area contributed by atoms with Gasteiger partial charge in [0.15, 0.2) is 0 Å². The summed E-state index contributed by atoms with van der Waals surface area (Å²) < 4.78 is 0. The second-order valence-electron chi connectivity index (χ2n) is 5.79. The molecule has 1 fully saturated rings. The second-order valence-corrected chi connectivity index (χ2v) is 7.11. The van der Waals surface area contributed by atoms with Gasteiger partial charge in [-0.2, -0.15) is 0 Å². The van der Waals surface area contributed by atoms with Gasteiger partial charge < -0.3 is 10.4 Å². The standard InChI is InChI=1S/C14H19NO3S/c1-7-5-6-9(19-7)8(2)15-12(16)10-11(13(17)18)14(10,3)4/h5-6,8,10-11H,1-4H3,(H,15,16)(H,17,18). The van der Waals surface area contributed by atoms with Gasteiger partial charge in [0.2, 0.25) is 5.91 Å². The fraction of sp³-hybridized carbons (Fsp3) is 0.571. The topological polar surface area (TPSA) is 66.4 Å². The van der Waals surface area contributed by atoms with Crippen molar-refractivity contribution < 1.29 is 14.7 Å². The fourth-order valence-corrected chi connectivity index (χ4v) is 3.53. The van der Waals surface area contributed by atoms with Gasteiger partial charge in [0, 0.05) is 9.75 Å². The van der Waals surface area contributed by atoms with Crippen LogP contribution >= 0.6 is 11.3 Å². The molecular formula is C14H19NO3S. The smallest absolute Gasteiger partial charge is 0.307 e. The number of nitrogens with one attached hydrogen (secondary N) is 1. The van der Waals surface area contributed by atoms with E-state index >= 15 is 0 Å². The minimum Gasteiger partial charge on any atom is -0.481 e. The van der Waals surface area contributed by atoms with Crippen molar-refractivity contribution in [3.63, 3.8) is 0 Å². The molecule has 1 amide bonds. The molecule has 3 unspecified atom stereocenters. The van der Waals surface area contributed by atoms with Gasteiger partial charge in [-0.3, -0.25) is 9.59 Å². The van der Waals surface area contributed by atoms with Gasteiger partial charge in [-0.15, -0.1) is 11.3 Å². The molecule has 4 nitrogen and oxygen atoms in total. The maximum atomic E-state index is 12.2. The Morgan fingerprint density at radius 2 is 2.00 bits per heavy atom. The number of carboxylic acids is 1. The molecule has 1 aromatic heterocycles. The van der Waals surface area contributed by atoms with Crippen LogP contribution < -0.4 is 5.32 Å². The number of thiophene rings is 1. The summed E-state index contributed by atoms with van der Waals surface area (Å²) in [5.41, 5.74) is -0.443. The van der Waals surface area contributed by atoms with E-state index in [9.17, 15) is 9.59 Å². The summed E-state index contributed by atoms with van der Waals surface area (Å²) >= 11 is 1.65. The van der Waals surface area contributed by atoms with Crippen LogP contribution in [0, 0.1) is 24.2 Å². The summed E-state index contributed by atoms with van der Waals surface area (Å²) in [5, 5.41) is 12.0. The maximum absolute atomic E-state index is 12.2. The van der Waals surface area contributed by atoms with Crippen LogP contribution in [0.3, 0.4) is 0 Å². The lowest BCUT2D eigenvalue weighted by Gasteiger charge is -2.12. The minimum atomic E-state index is -0.884. The Morgan fingerprint density at radius 3 is 2.42 bits per heavy atom. The predicted molar refractivity (Wildman–Crippen MR) is 74.0 cm³/mol. The highest BCUT2D eigenvalue weighted by molar-refractivity contribution is 7.12. The summed E-state index contributed by atoms with van der Waals surface area (Å²) in [7, 11) is 0. The van der Waals surface area contributed by atoms with Crippen LogP contribution in [0.4, 0.5) is 0 Å². The van der Waals surface area contributed by atoms with Crippen molar-refractivity contribution in [2.24, 2.45) is 17.3 Å². The van der Waals surface area contributed by atoms with Crippen LogP contribution in [-0.2, 0) is 9.59 Å². The summed E-state index contributed by atoms with van der Waals surface area (Å²) in [4.78, 5) is 25.5. The molecule has 1 saturated carbocycles. The molecule has 2 rings (SSSR count). The van der Waals surface area contributed by atoms with E-state index in [1.807, 2.05) is 39.8 Å². The first kappa shape index (κ1) is 14.1. The van der Waals surface area contributed by atoms with E-state index in [1.54, 1.807) is 11.3 Å². The molecule has 5 heteroatoms. The third-order valence-electron chi connectivity index (χ3n) is 3.92. The van der Waals surface area contributed by atoms with Gasteiger partial charge in [0.1, 0.15) is 0 Å². The number of aryl methyl sites for hydroxylation is 1. The van der Waals surface area contributed by atoms with Crippen molar-refractivity contribution in [1.82, 2.24) is 5.32 Å². The van der Waals surface area contributed by atoms with Crippen LogP contribution in [0.5, 0.6) is 0 Å². The average molecular weight is 281 g/mol. The lowest BCUT2D eigenvalue weighted by molar-refractivity contribution is -0.140. The van der Waals surface area contributed by atoms with E-state index < -0.39 is 23.2 Å². The summed E-state index contributed by atoms with van der Waals surface area (Å²) in [6.07, 6.45) is 0. The van der Waals surface area contributed by atoms with Gasteiger partial charge in [0.05, 0.1) is 17.9 Å². The molecule has 0 aliphatic heterocycles. The van der Waals surface area contributed by atoms with Gasteiger partial charge in [-0.25, -0.2) is 0 Å². The normalized spacial score (nSPS) is 25.7. The molecule has 0 aromatic carbocycles. The summed E-state index contributed by atoms with van der Waals surface area (Å²) in [5.74, 6) is -2.03. The number of carbonyl (C=O) groups is 2. The van der Waals surface area contributed by atoms with Crippen molar-refractivity contribution in [3.8, 4) is 0 Å². The Labute approximate surface area is 116 Å². The molecule has 1 aliphatic rings. The maximum Gasteiger partial charge on any atom is 0.307 e. The molecule has 3 atom stereocenters. The molecule has 0 spiro atoms. The van der Waals surface area contributed by atoms with Crippen LogP contribution in [0.2, 0.25) is 0 Å². The SMILES string of the molecule is Cc1ccc(C(C)NC(=O)C2C(C(=O)O)C2(C)C)s1. The van der Waals surface area contributed by atoms with Crippen LogP contribution in [0.25, 0.3) is 0 Å². The Balaban J connectivity index is 2.01. The van der Waals surface area contributed by atoms with E-state index in [4.69, 9.17) is 5.11 Å². The molecule has 0 bridgehead atoms. The van der Waals surface area contributed by atoms with E-state index in [-0.39, 0.29) is 11.9 Å². The first-order valence-corrected chi connectivity index (χ1v) is 7.16. The van der Waals surface area contributed by atoms with Crippen LogP contribution in [-0.4, -0.2) is 17.0 Å². The molecular weight excluding hydrogens is 262 g/mol. The first-order valence-electron chi connectivity index (χ1n) is 6.34. The van der Waals surface area contributed by atoms with Crippen molar-refractivity contribution in [2.75, 3.05) is 0 Å². The van der Waals surface area contributed by atoms with Crippen molar-refractivity contribution in [1.29, 1.82) is 0 Å². The van der Waals surface area contributed by atoms with Gasteiger partial charge in [0.25, 0.3) is 0 Å². The van der Waals surface area contributed by atoms with Crippen LogP contribution in [0.15, 0.2) is 12.1 Å². The lowest BCUT2D eigenvalue weighted by Crippen LogP contribution is -2.29. The van der Waals surface area contributed by atoms with Crippen LogP contribution in [0.1, 0.15) is 36.6 Å². The molecule has 19 heavy (non-hydrogen) atoms. The highest BCUT2D eigenvalue weighted by Gasteiger charge is 2.65. The summed E-state index contributed by atoms with van der Waals surface area (Å²) in [6, 6.07) is 3.94. The molecule has 104 valence electrons. The van der Waals surface area contributed by atoms with Gasteiger partial charge >= 0.3 is 5.97 Å². The Morgan fingerprint density at radius 1 is 1.37 bits per heavy atom. The minimum absolute atomic E-state index is 0.0722. The molecule has 0 saturated heterocycles. The number of aliphatic carboxylic acids is 1. The zero-order valence-corrected chi connectivity index (χ0v) is 12.4. The van der Waals surface area contributed by atoms with E-state index in [2.05, 4.69) is 5.32 Å². The molecule has 1 aliphatic carbocycles. The average Bonchev–Trinajstić information content (AvgIpc) is 2.65. The number of hydrogen-bond donors (Lipinski definition) is 2. The van der Waals surface area contributed by atoms with Gasteiger partial charge in [-0.1, -0.05) is 13.8 Å². The zero-order chi connectivity index (χ0) is 14.4. The zero-order valence-electron chi connectivity index (χ0n) is 11.6. The van der Waals surface area contributed by atoms with Gasteiger partial charge in [-0.05, 0) is 31.4 Å². The summed E-state index contributed by atoms with van der Waals surface area (Å²) in [6.45, 7) is 7.60. The number of rotatable bonds is 4. The predicted octanol–water partition coefficient (Wildman–Crippen LogP) is 2.59. The third kappa shape index (κ3) is 2.52. The van der Waals surface area contributed by atoms with Crippen molar-refractivity contribution in [2.45, 2.75) is 33.7 Å². The van der Waals surface area contributed by atoms with Crippen molar-refractivity contribution in [3.05, 3.63) is 21.9 Å². The Bertz CT molecular complexity index is 521. The monoisotopic (exact) mass is 281 g/mol. The number of hydrogen-bond acceptors (Lipinski definition) is 3. The number of carbonyl (C=O) groups excluding carboxylic acids is 1. The van der Waals surface area contributed by atoms with E-state index in [0.29, 0.717) is 0 Å². The third-order valence-corrected chi connectivity index (χ3v) is 5.11. The largest absolute Gasteiger partial charge is 0.481 e. The fourth-order valence-electron chi connectivity index (χ4n) is 2.65. The number of carboxylic acid groups (broad SMARTS) is 1. The quantitative estimate of drug-likeness (QED) is 0.891. The molecule has 0 radical (unpaired) electrons. The first-order chi connectivity index (χ1) is 8.75. The molecule has 2 N–H and O–H groups in total. The van der Waals surface area contributed by atoms with Crippen molar-refractivity contribution >= 4 is 23.2 Å². The van der Waals surface area contributed by atoms with E-state index in [1.165, 1.54) is 4.88 Å². The highest BCUT2D eigenvalue weighted by Crippen LogP contribution is 2.58. The molecule has 1 aromatic rings. The lowest BCUT2D eigenvalue weighted by atomic mass is 10.1. The highest BCUT2D eigenvalue weighted by atomic mass is 32.1. The number of amides is 1. The second kappa shape index (κ2) is 4.63.